The van der Waals surface area contributed by atoms with Gasteiger partial charge in [-0.05, 0) is 18.2 Å². The Morgan fingerprint density at radius 2 is 2.08 bits per heavy atom. The number of carbonyl (C=O) groups is 1. The van der Waals surface area contributed by atoms with Gasteiger partial charge in [0.1, 0.15) is 11.6 Å². The minimum atomic E-state index is -0.463. The fourth-order valence-electron chi connectivity index (χ4n) is 1.15. The smallest absolute Gasteiger partial charge is 0.344 e. The lowest BCUT2D eigenvalue weighted by atomic mass is 10.1. The van der Waals surface area contributed by atoms with E-state index in [0.29, 0.717) is 11.1 Å². The molecule has 2 rings (SSSR count). The molecule has 0 saturated heterocycles. The molecule has 0 spiro atoms. The van der Waals surface area contributed by atoms with Crippen molar-refractivity contribution in [3.8, 4) is 0 Å². The third-order valence-electron chi connectivity index (χ3n) is 1.72. The van der Waals surface area contributed by atoms with Crippen molar-refractivity contribution in [1.29, 1.82) is 0 Å². The number of ether oxygens (including phenoxy) is 1. The lowest BCUT2D eigenvalue weighted by Gasteiger charge is -1.93. The molecule has 0 aromatic heterocycles. The Hall–Kier alpha value is -1.64. The average Bonchev–Trinajstić information content (AvgIpc) is 2.28. The molecule has 1 aliphatic rings. The van der Waals surface area contributed by atoms with Crippen LogP contribution < -0.4 is 0 Å². The number of hydrogen-bond donors (Lipinski definition) is 0. The van der Waals surface area contributed by atoms with E-state index in [2.05, 4.69) is 11.3 Å². The maximum Gasteiger partial charge on any atom is 0.344 e. The monoisotopic (exact) mass is 164 g/mol. The minimum absolute atomic E-state index is 0.217. The zero-order valence-electron chi connectivity index (χ0n) is 6.13. The standard InChI is InChI=1S/C9H5FO2/c1-5-8-4-6(10)2-3-7(8)9(11)12-5/h2-4H,1H2. The number of esters is 1. The van der Waals surface area contributed by atoms with Crippen LogP contribution in [0.4, 0.5) is 4.39 Å². The SMILES string of the molecule is C=C1OC(=O)c2ccc(F)cc21. The van der Waals surface area contributed by atoms with E-state index in [4.69, 9.17) is 0 Å². The summed E-state index contributed by atoms with van der Waals surface area (Å²) >= 11 is 0. The van der Waals surface area contributed by atoms with Crippen LogP contribution in [0.1, 0.15) is 15.9 Å². The molecule has 0 N–H and O–H groups in total. The molecule has 1 heterocycles. The van der Waals surface area contributed by atoms with E-state index in [1.165, 1.54) is 18.2 Å². The van der Waals surface area contributed by atoms with E-state index in [1.807, 2.05) is 0 Å². The zero-order valence-corrected chi connectivity index (χ0v) is 6.13. The molecule has 60 valence electrons. The van der Waals surface area contributed by atoms with E-state index in [-0.39, 0.29) is 5.76 Å². The molecule has 2 nitrogen and oxygen atoms in total. The first kappa shape index (κ1) is 7.03. The number of carbonyl (C=O) groups excluding carboxylic acids is 1. The molecule has 3 heteroatoms. The molecule has 0 amide bonds. The Balaban J connectivity index is 2.68. The van der Waals surface area contributed by atoms with Crippen LogP contribution in [-0.4, -0.2) is 5.97 Å². The van der Waals surface area contributed by atoms with Gasteiger partial charge in [-0.1, -0.05) is 6.58 Å². The van der Waals surface area contributed by atoms with Gasteiger partial charge in [-0.2, -0.15) is 0 Å². The molecule has 0 radical (unpaired) electrons. The Bertz CT molecular complexity index is 382. The van der Waals surface area contributed by atoms with Crippen molar-refractivity contribution < 1.29 is 13.9 Å². The summed E-state index contributed by atoms with van der Waals surface area (Å²) in [5.41, 5.74) is 0.821. The Morgan fingerprint density at radius 1 is 1.33 bits per heavy atom. The fourth-order valence-corrected chi connectivity index (χ4v) is 1.15. The topological polar surface area (TPSA) is 26.3 Å². The Kier molecular flexibility index (Phi) is 1.27. The maximum absolute atomic E-state index is 12.7. The molecule has 0 unspecified atom stereocenters. The summed E-state index contributed by atoms with van der Waals surface area (Å²) in [6, 6.07) is 3.85. The maximum atomic E-state index is 12.7. The molecule has 1 aromatic rings. The van der Waals surface area contributed by atoms with Gasteiger partial charge < -0.3 is 4.74 Å². The van der Waals surface area contributed by atoms with Crippen molar-refractivity contribution in [3.63, 3.8) is 0 Å². The summed E-state index contributed by atoms with van der Waals surface area (Å²) in [6.45, 7) is 3.48. The summed E-state index contributed by atoms with van der Waals surface area (Å²) in [5.74, 6) is -0.641. The van der Waals surface area contributed by atoms with Crippen LogP contribution >= 0.6 is 0 Å². The molecule has 0 aliphatic carbocycles. The summed E-state index contributed by atoms with van der Waals surface area (Å²) < 4.78 is 17.3. The van der Waals surface area contributed by atoms with Crippen LogP contribution in [0, 0.1) is 5.82 Å². The Labute approximate surface area is 68.3 Å². The first-order valence-electron chi connectivity index (χ1n) is 3.39. The van der Waals surface area contributed by atoms with Crippen molar-refractivity contribution in [2.24, 2.45) is 0 Å². The molecule has 0 saturated carbocycles. The van der Waals surface area contributed by atoms with Crippen molar-refractivity contribution >= 4 is 11.7 Å². The quantitative estimate of drug-likeness (QED) is 0.548. The predicted molar refractivity (Wildman–Crippen MR) is 40.8 cm³/mol. The first-order chi connectivity index (χ1) is 5.68. The van der Waals surface area contributed by atoms with Crippen LogP contribution in [0.5, 0.6) is 0 Å². The first-order valence-corrected chi connectivity index (χ1v) is 3.39. The van der Waals surface area contributed by atoms with Gasteiger partial charge in [-0.25, -0.2) is 9.18 Å². The van der Waals surface area contributed by atoms with Gasteiger partial charge >= 0.3 is 5.97 Å². The normalized spacial score (nSPS) is 14.4. The van der Waals surface area contributed by atoms with Crippen molar-refractivity contribution in [2.45, 2.75) is 0 Å². The van der Waals surface area contributed by atoms with Gasteiger partial charge in [0.15, 0.2) is 0 Å². The highest BCUT2D eigenvalue weighted by Crippen LogP contribution is 2.28. The lowest BCUT2D eigenvalue weighted by Crippen LogP contribution is -1.92. The number of halogens is 1. The van der Waals surface area contributed by atoms with E-state index < -0.39 is 11.8 Å². The largest absolute Gasteiger partial charge is 0.423 e. The average molecular weight is 164 g/mol. The highest BCUT2D eigenvalue weighted by atomic mass is 19.1. The third kappa shape index (κ3) is 0.830. The fraction of sp³-hybridized carbons (Fsp3) is 0. The molecule has 12 heavy (non-hydrogen) atoms. The number of cyclic esters (lactones) is 1. The molecular weight excluding hydrogens is 159 g/mol. The van der Waals surface area contributed by atoms with Crippen molar-refractivity contribution in [1.82, 2.24) is 0 Å². The summed E-state index contributed by atoms with van der Waals surface area (Å²) in [4.78, 5) is 11.0. The molecule has 0 bridgehead atoms. The van der Waals surface area contributed by atoms with Gasteiger partial charge in [-0.3, -0.25) is 0 Å². The molecule has 0 atom stereocenters. The summed E-state index contributed by atoms with van der Waals surface area (Å²) in [6.07, 6.45) is 0. The second-order valence-electron chi connectivity index (χ2n) is 2.50. The molecule has 1 aromatic carbocycles. The molecule has 0 fully saturated rings. The van der Waals surface area contributed by atoms with Gasteiger partial charge in [0.2, 0.25) is 0 Å². The van der Waals surface area contributed by atoms with E-state index in [1.54, 1.807) is 0 Å². The van der Waals surface area contributed by atoms with Gasteiger partial charge in [-0.15, -0.1) is 0 Å². The predicted octanol–water partition coefficient (Wildman–Crippen LogP) is 1.97. The zero-order chi connectivity index (χ0) is 8.72. The lowest BCUT2D eigenvalue weighted by molar-refractivity contribution is 0.0716. The van der Waals surface area contributed by atoms with E-state index >= 15 is 0 Å². The van der Waals surface area contributed by atoms with Gasteiger partial charge in [0.05, 0.1) is 5.56 Å². The number of rotatable bonds is 0. The second-order valence-corrected chi connectivity index (χ2v) is 2.50. The second kappa shape index (κ2) is 2.17. The van der Waals surface area contributed by atoms with Crippen LogP contribution in [0.25, 0.3) is 5.76 Å². The summed E-state index contributed by atoms with van der Waals surface area (Å²) in [5, 5.41) is 0. The van der Waals surface area contributed by atoms with Crippen LogP contribution in [0.15, 0.2) is 24.8 Å². The van der Waals surface area contributed by atoms with Crippen molar-refractivity contribution in [2.75, 3.05) is 0 Å². The third-order valence-corrected chi connectivity index (χ3v) is 1.72. The molecular formula is C9H5FO2. The number of hydrogen-bond acceptors (Lipinski definition) is 2. The van der Waals surface area contributed by atoms with Gasteiger partial charge in [0.25, 0.3) is 0 Å². The number of benzene rings is 1. The van der Waals surface area contributed by atoms with Crippen LogP contribution in [0.3, 0.4) is 0 Å². The van der Waals surface area contributed by atoms with Crippen LogP contribution in [0.2, 0.25) is 0 Å². The van der Waals surface area contributed by atoms with Crippen LogP contribution in [-0.2, 0) is 4.74 Å². The summed E-state index contributed by atoms with van der Waals surface area (Å²) in [7, 11) is 0. The minimum Gasteiger partial charge on any atom is -0.423 e. The number of fused-ring (bicyclic) bond motifs is 1. The molecule has 1 aliphatic heterocycles. The Morgan fingerprint density at radius 3 is 2.83 bits per heavy atom. The highest BCUT2D eigenvalue weighted by Gasteiger charge is 2.24. The van der Waals surface area contributed by atoms with E-state index in [0.717, 1.165) is 0 Å². The van der Waals surface area contributed by atoms with Crippen molar-refractivity contribution in [3.05, 3.63) is 41.7 Å². The van der Waals surface area contributed by atoms with Gasteiger partial charge in [0, 0.05) is 5.56 Å². The van der Waals surface area contributed by atoms with E-state index in [9.17, 15) is 9.18 Å². The highest BCUT2D eigenvalue weighted by molar-refractivity contribution is 6.02.